The van der Waals surface area contributed by atoms with Crippen LogP contribution in [0.4, 0.5) is 16.2 Å². The van der Waals surface area contributed by atoms with Crippen molar-refractivity contribution >= 4 is 35.1 Å². The first-order valence-corrected chi connectivity index (χ1v) is 8.67. The number of aryl methyl sites for hydroxylation is 1. The Bertz CT molecular complexity index is 1100. The summed E-state index contributed by atoms with van der Waals surface area (Å²) < 4.78 is 18.8. The molecule has 0 radical (unpaired) electrons. The summed E-state index contributed by atoms with van der Waals surface area (Å²) in [6.07, 6.45) is 0.638. The van der Waals surface area contributed by atoms with Gasteiger partial charge in [-0.1, -0.05) is 24.3 Å². The highest BCUT2D eigenvalue weighted by atomic mass is 35.5. The largest absolute Gasteiger partial charge is 0.465 e. The first-order chi connectivity index (χ1) is 13.1. The Labute approximate surface area is 168 Å². The van der Waals surface area contributed by atoms with E-state index >= 15 is 0 Å². The van der Waals surface area contributed by atoms with Gasteiger partial charge in [0.1, 0.15) is 23.2 Å². The number of benzene rings is 2. The number of nitrogens with two attached hydrogens (primary N) is 1. The molecule has 0 aliphatic heterocycles. The average molecular weight is 399 g/mol. The SMILES string of the molecule is Cc1ccc(CNc2nc(N)nc3cccc(Cc4ccc(F)cc4)c23)o1.Cl. The van der Waals surface area contributed by atoms with E-state index < -0.39 is 0 Å². The van der Waals surface area contributed by atoms with Crippen LogP contribution in [0, 0.1) is 12.7 Å². The van der Waals surface area contributed by atoms with Crippen LogP contribution in [0.5, 0.6) is 0 Å². The third-order valence-electron chi connectivity index (χ3n) is 4.36. The molecule has 0 spiro atoms. The van der Waals surface area contributed by atoms with Crippen LogP contribution >= 0.6 is 12.4 Å². The molecule has 3 N–H and O–H groups in total. The Hall–Kier alpha value is -3.12. The van der Waals surface area contributed by atoms with Gasteiger partial charge in [0, 0.05) is 5.39 Å². The summed E-state index contributed by atoms with van der Waals surface area (Å²) in [5.74, 6) is 2.29. The molecule has 2 aromatic carbocycles. The summed E-state index contributed by atoms with van der Waals surface area (Å²) in [7, 11) is 0. The molecule has 2 heterocycles. The van der Waals surface area contributed by atoms with E-state index in [1.807, 2.05) is 37.3 Å². The third-order valence-corrected chi connectivity index (χ3v) is 4.36. The van der Waals surface area contributed by atoms with Gasteiger partial charge in [-0.15, -0.1) is 12.4 Å². The van der Waals surface area contributed by atoms with Crippen molar-refractivity contribution in [3.05, 3.63) is 83.1 Å². The van der Waals surface area contributed by atoms with Gasteiger partial charge in [0.05, 0.1) is 12.1 Å². The van der Waals surface area contributed by atoms with Crippen molar-refractivity contribution < 1.29 is 8.81 Å². The Morgan fingerprint density at radius 1 is 1.04 bits per heavy atom. The van der Waals surface area contributed by atoms with Crippen LogP contribution in [0.1, 0.15) is 22.6 Å². The molecule has 0 fully saturated rings. The minimum Gasteiger partial charge on any atom is -0.465 e. The molecule has 0 saturated heterocycles. The number of nitrogens with zero attached hydrogens (tertiary/aromatic N) is 2. The molecule has 4 aromatic rings. The second-order valence-electron chi connectivity index (χ2n) is 6.41. The summed E-state index contributed by atoms with van der Waals surface area (Å²) in [5.41, 5.74) is 8.70. The van der Waals surface area contributed by atoms with Gasteiger partial charge in [0.2, 0.25) is 5.95 Å². The van der Waals surface area contributed by atoms with Crippen molar-refractivity contribution in [2.24, 2.45) is 0 Å². The summed E-state index contributed by atoms with van der Waals surface area (Å²) in [6, 6.07) is 16.2. The molecule has 4 rings (SSSR count). The Balaban J connectivity index is 0.00000225. The number of hydrogen-bond donors (Lipinski definition) is 2. The zero-order valence-electron chi connectivity index (χ0n) is 15.3. The van der Waals surface area contributed by atoms with Gasteiger partial charge in [-0.2, -0.15) is 4.98 Å². The maximum atomic E-state index is 13.2. The molecule has 144 valence electrons. The van der Waals surface area contributed by atoms with Crippen LogP contribution in [-0.2, 0) is 13.0 Å². The molecular formula is C21H20ClFN4O. The third kappa shape index (κ3) is 4.23. The summed E-state index contributed by atoms with van der Waals surface area (Å²) >= 11 is 0. The predicted molar refractivity (Wildman–Crippen MR) is 111 cm³/mol. The molecule has 0 aliphatic rings. The number of rotatable bonds is 5. The van der Waals surface area contributed by atoms with Gasteiger partial charge in [0.15, 0.2) is 0 Å². The molecule has 28 heavy (non-hydrogen) atoms. The van der Waals surface area contributed by atoms with E-state index in [4.69, 9.17) is 10.2 Å². The summed E-state index contributed by atoms with van der Waals surface area (Å²) in [4.78, 5) is 8.75. The van der Waals surface area contributed by atoms with Crippen molar-refractivity contribution in [3.8, 4) is 0 Å². The molecule has 0 atom stereocenters. The van der Waals surface area contributed by atoms with Crippen LogP contribution < -0.4 is 11.1 Å². The zero-order chi connectivity index (χ0) is 18.8. The lowest BCUT2D eigenvalue weighted by atomic mass is 10.0. The van der Waals surface area contributed by atoms with Crippen molar-refractivity contribution in [2.75, 3.05) is 11.1 Å². The van der Waals surface area contributed by atoms with Crippen LogP contribution in [-0.4, -0.2) is 9.97 Å². The number of furan rings is 1. The number of halogens is 2. The standard InChI is InChI=1S/C21H19FN4O.ClH/c1-13-5-10-17(27-13)12-24-20-19-15(11-14-6-8-16(22)9-7-14)3-2-4-18(19)25-21(23)26-20;/h2-10H,11-12H2,1H3,(H3,23,24,25,26);1H. The van der Waals surface area contributed by atoms with Crippen LogP contribution in [0.15, 0.2) is 59.0 Å². The Kier molecular flexibility index (Phi) is 5.80. The van der Waals surface area contributed by atoms with Crippen LogP contribution in [0.2, 0.25) is 0 Å². The quantitative estimate of drug-likeness (QED) is 0.501. The molecule has 0 amide bonds. The highest BCUT2D eigenvalue weighted by Crippen LogP contribution is 2.27. The minimum absolute atomic E-state index is 0. The van der Waals surface area contributed by atoms with E-state index in [0.29, 0.717) is 18.8 Å². The maximum Gasteiger partial charge on any atom is 0.222 e. The van der Waals surface area contributed by atoms with E-state index in [0.717, 1.165) is 33.6 Å². The number of fused-ring (bicyclic) bond motifs is 1. The number of nitrogen functional groups attached to an aromatic ring is 1. The molecule has 0 aliphatic carbocycles. The maximum absolute atomic E-state index is 13.2. The lowest BCUT2D eigenvalue weighted by molar-refractivity contribution is 0.490. The normalized spacial score (nSPS) is 10.6. The van der Waals surface area contributed by atoms with E-state index in [1.54, 1.807) is 12.1 Å². The number of hydrogen-bond acceptors (Lipinski definition) is 5. The number of nitrogens with one attached hydrogen (secondary N) is 1. The Morgan fingerprint density at radius 3 is 2.54 bits per heavy atom. The van der Waals surface area contributed by atoms with Gasteiger partial charge >= 0.3 is 0 Å². The van der Waals surface area contributed by atoms with Gasteiger partial charge in [0.25, 0.3) is 0 Å². The van der Waals surface area contributed by atoms with Crippen molar-refractivity contribution in [1.29, 1.82) is 0 Å². The Morgan fingerprint density at radius 2 is 1.82 bits per heavy atom. The fourth-order valence-electron chi connectivity index (χ4n) is 3.12. The van der Waals surface area contributed by atoms with Crippen molar-refractivity contribution in [1.82, 2.24) is 9.97 Å². The lowest BCUT2D eigenvalue weighted by Gasteiger charge is -2.12. The zero-order valence-corrected chi connectivity index (χ0v) is 16.1. The molecular weight excluding hydrogens is 379 g/mol. The smallest absolute Gasteiger partial charge is 0.222 e. The fraction of sp³-hybridized carbons (Fsp3) is 0.143. The van der Waals surface area contributed by atoms with Gasteiger partial charge in [-0.25, -0.2) is 9.37 Å². The monoisotopic (exact) mass is 398 g/mol. The average Bonchev–Trinajstić information content (AvgIpc) is 3.07. The van der Waals surface area contributed by atoms with E-state index in [-0.39, 0.29) is 24.2 Å². The second-order valence-corrected chi connectivity index (χ2v) is 6.41. The highest BCUT2D eigenvalue weighted by molar-refractivity contribution is 5.93. The van der Waals surface area contributed by atoms with Crippen molar-refractivity contribution in [3.63, 3.8) is 0 Å². The number of aromatic nitrogens is 2. The first kappa shape index (κ1) is 19.6. The van der Waals surface area contributed by atoms with E-state index in [2.05, 4.69) is 15.3 Å². The second kappa shape index (κ2) is 8.27. The van der Waals surface area contributed by atoms with Gasteiger partial charge in [-0.3, -0.25) is 0 Å². The highest BCUT2D eigenvalue weighted by Gasteiger charge is 2.12. The van der Waals surface area contributed by atoms with E-state index in [9.17, 15) is 4.39 Å². The summed E-state index contributed by atoms with van der Waals surface area (Å²) in [5, 5.41) is 4.21. The lowest BCUT2D eigenvalue weighted by Crippen LogP contribution is -2.06. The first-order valence-electron chi connectivity index (χ1n) is 8.67. The van der Waals surface area contributed by atoms with Crippen LogP contribution in [0.3, 0.4) is 0 Å². The summed E-state index contributed by atoms with van der Waals surface area (Å²) in [6.45, 7) is 2.40. The molecule has 0 unspecified atom stereocenters. The predicted octanol–water partition coefficient (Wildman–Crippen LogP) is 4.88. The molecule has 0 bridgehead atoms. The molecule has 7 heteroatoms. The molecule has 0 saturated carbocycles. The van der Waals surface area contributed by atoms with Crippen molar-refractivity contribution in [2.45, 2.75) is 19.9 Å². The molecule has 5 nitrogen and oxygen atoms in total. The number of anilines is 2. The molecule has 2 aromatic heterocycles. The van der Waals surface area contributed by atoms with Crippen LogP contribution in [0.25, 0.3) is 10.9 Å². The topological polar surface area (TPSA) is 77.0 Å². The van der Waals surface area contributed by atoms with Gasteiger partial charge in [-0.05, 0) is 54.8 Å². The minimum atomic E-state index is -0.246. The fourth-order valence-corrected chi connectivity index (χ4v) is 3.12. The van der Waals surface area contributed by atoms with E-state index in [1.165, 1.54) is 12.1 Å². The van der Waals surface area contributed by atoms with Gasteiger partial charge < -0.3 is 15.5 Å².